The van der Waals surface area contributed by atoms with Crippen LogP contribution in [0, 0.1) is 0 Å². The molecule has 5 nitrogen and oxygen atoms in total. The molecule has 0 spiro atoms. The molecule has 5 heteroatoms. The molecule has 4 heterocycles. The summed E-state index contributed by atoms with van der Waals surface area (Å²) in [5, 5.41) is 0. The minimum atomic E-state index is 0.637. The minimum absolute atomic E-state index is 0.637. The molecular formula is C15H13N5. The number of hydrogen-bond acceptors (Lipinski definition) is 5. The highest BCUT2D eigenvalue weighted by atomic mass is 15.1. The predicted molar refractivity (Wildman–Crippen MR) is 77.3 cm³/mol. The number of nitrogens with zero attached hydrogens (tertiary/aromatic N) is 5. The molecule has 0 radical (unpaired) electrons. The van der Waals surface area contributed by atoms with Crippen LogP contribution < -0.4 is 0 Å². The van der Waals surface area contributed by atoms with Crippen LogP contribution in [0.5, 0.6) is 0 Å². The third-order valence-electron chi connectivity index (χ3n) is 2.83. The van der Waals surface area contributed by atoms with E-state index in [0.717, 1.165) is 12.1 Å². The van der Waals surface area contributed by atoms with E-state index in [1.54, 1.807) is 18.6 Å². The highest BCUT2D eigenvalue weighted by Gasteiger charge is 2.05. The van der Waals surface area contributed by atoms with Gasteiger partial charge in [-0.15, -0.1) is 0 Å². The molecule has 0 saturated carbocycles. The zero-order valence-electron chi connectivity index (χ0n) is 10.8. The number of aromatic nitrogens is 4. The molecule has 0 fully saturated rings. The van der Waals surface area contributed by atoms with Crippen molar-refractivity contribution in [3.05, 3.63) is 73.3 Å². The quantitative estimate of drug-likeness (QED) is 0.729. The van der Waals surface area contributed by atoms with Crippen LogP contribution >= 0.6 is 0 Å². The van der Waals surface area contributed by atoms with Crippen molar-refractivity contribution in [3.63, 3.8) is 0 Å². The Morgan fingerprint density at radius 3 is 2.85 bits per heavy atom. The maximum atomic E-state index is 3.99. The van der Waals surface area contributed by atoms with Crippen LogP contribution in [0.15, 0.2) is 73.3 Å². The van der Waals surface area contributed by atoms with E-state index in [1.807, 2.05) is 0 Å². The normalized spacial score (nSPS) is 15.4. The van der Waals surface area contributed by atoms with Gasteiger partial charge >= 0.3 is 0 Å². The molecule has 0 bridgehead atoms. The molecule has 2 aromatic heterocycles. The lowest BCUT2D eigenvalue weighted by Gasteiger charge is -2.23. The van der Waals surface area contributed by atoms with Gasteiger partial charge < -0.3 is 4.90 Å². The lowest BCUT2D eigenvalue weighted by Crippen LogP contribution is -2.18. The number of allylic oxidation sites excluding steroid dienone is 5. The molecule has 0 amide bonds. The Balaban J connectivity index is 0.000000121. The number of fused-ring (bicyclic) bond motifs is 2. The first-order valence-corrected chi connectivity index (χ1v) is 6.28. The molecule has 0 N–H and O–H groups in total. The molecule has 0 saturated heterocycles. The summed E-state index contributed by atoms with van der Waals surface area (Å²) in [5.74, 6) is 0. The van der Waals surface area contributed by atoms with Gasteiger partial charge in [-0.05, 0) is 18.2 Å². The molecule has 0 unspecified atom stereocenters. The molecule has 98 valence electrons. The zero-order chi connectivity index (χ0) is 13.6. The van der Waals surface area contributed by atoms with Gasteiger partial charge in [0.2, 0.25) is 0 Å². The van der Waals surface area contributed by atoms with Crippen LogP contribution in [-0.4, -0.2) is 31.4 Å². The second-order valence-electron chi connectivity index (χ2n) is 4.16. The standard InChI is InChI=1S/C9H9N.C6H4N4/c1-3-7-10-8-4-2-6-9(10)5-1;1-2-9-6-5(8-1)3-7-4-10-6/h1-7H,8H2;1-4H. The molecule has 0 aromatic carbocycles. The Bertz CT molecular complexity index is 650. The van der Waals surface area contributed by atoms with Gasteiger partial charge in [0.05, 0.1) is 6.20 Å². The van der Waals surface area contributed by atoms with Crippen LogP contribution in [0.2, 0.25) is 0 Å². The summed E-state index contributed by atoms with van der Waals surface area (Å²) in [7, 11) is 0. The van der Waals surface area contributed by atoms with Gasteiger partial charge in [0.15, 0.2) is 5.65 Å². The van der Waals surface area contributed by atoms with Crippen LogP contribution in [-0.2, 0) is 0 Å². The monoisotopic (exact) mass is 263 g/mol. The summed E-state index contributed by atoms with van der Waals surface area (Å²) in [6, 6.07) is 0. The Hall–Kier alpha value is -2.82. The molecule has 4 rings (SSSR count). The fraction of sp³-hybridized carbons (Fsp3) is 0.0667. The minimum Gasteiger partial charge on any atom is -0.344 e. The van der Waals surface area contributed by atoms with Crippen LogP contribution in [0.25, 0.3) is 11.2 Å². The van der Waals surface area contributed by atoms with E-state index in [0.29, 0.717) is 5.65 Å². The Morgan fingerprint density at radius 2 is 1.95 bits per heavy atom. The number of rotatable bonds is 0. The highest BCUT2D eigenvalue weighted by molar-refractivity contribution is 5.66. The largest absolute Gasteiger partial charge is 0.344 e. The maximum absolute atomic E-state index is 3.99. The van der Waals surface area contributed by atoms with E-state index in [4.69, 9.17) is 0 Å². The molecule has 20 heavy (non-hydrogen) atoms. The predicted octanol–water partition coefficient (Wildman–Crippen LogP) is 2.25. The van der Waals surface area contributed by atoms with Crippen molar-refractivity contribution >= 4 is 11.2 Å². The summed E-state index contributed by atoms with van der Waals surface area (Å²) in [6.45, 7) is 1.01. The first-order valence-electron chi connectivity index (χ1n) is 6.28. The van der Waals surface area contributed by atoms with E-state index < -0.39 is 0 Å². The summed E-state index contributed by atoms with van der Waals surface area (Å²) < 4.78 is 0. The molecule has 2 aliphatic heterocycles. The maximum Gasteiger partial charge on any atom is 0.181 e. The van der Waals surface area contributed by atoms with Gasteiger partial charge in [0.25, 0.3) is 0 Å². The second kappa shape index (κ2) is 5.88. The van der Waals surface area contributed by atoms with Crippen LogP contribution in [0.4, 0.5) is 0 Å². The van der Waals surface area contributed by atoms with Gasteiger partial charge in [-0.1, -0.05) is 18.2 Å². The summed E-state index contributed by atoms with van der Waals surface area (Å²) in [6.07, 6.45) is 21.0. The average Bonchev–Trinajstić information content (AvgIpc) is 2.56. The third kappa shape index (κ3) is 2.77. The van der Waals surface area contributed by atoms with E-state index in [2.05, 4.69) is 67.5 Å². The van der Waals surface area contributed by atoms with Gasteiger partial charge in [-0.2, -0.15) is 0 Å². The van der Waals surface area contributed by atoms with Gasteiger partial charge in [0.1, 0.15) is 11.8 Å². The van der Waals surface area contributed by atoms with E-state index in [-0.39, 0.29) is 0 Å². The third-order valence-corrected chi connectivity index (χ3v) is 2.83. The van der Waals surface area contributed by atoms with E-state index in [1.165, 1.54) is 12.0 Å². The van der Waals surface area contributed by atoms with E-state index >= 15 is 0 Å². The smallest absolute Gasteiger partial charge is 0.181 e. The van der Waals surface area contributed by atoms with E-state index in [9.17, 15) is 0 Å². The van der Waals surface area contributed by atoms with Gasteiger partial charge in [-0.25, -0.2) is 19.9 Å². The lowest BCUT2D eigenvalue weighted by atomic mass is 10.2. The van der Waals surface area contributed by atoms with Crippen LogP contribution in [0.1, 0.15) is 0 Å². The first-order chi connectivity index (χ1) is 9.93. The molecular weight excluding hydrogens is 250 g/mol. The van der Waals surface area contributed by atoms with Crippen molar-refractivity contribution in [2.75, 3.05) is 6.54 Å². The Labute approximate surface area is 116 Å². The van der Waals surface area contributed by atoms with Gasteiger partial charge in [-0.3, -0.25) is 0 Å². The van der Waals surface area contributed by atoms with Crippen molar-refractivity contribution < 1.29 is 0 Å². The zero-order valence-corrected chi connectivity index (χ0v) is 10.8. The van der Waals surface area contributed by atoms with Gasteiger partial charge in [0, 0.05) is 30.8 Å². The van der Waals surface area contributed by atoms with Crippen molar-refractivity contribution in [1.29, 1.82) is 0 Å². The molecule has 2 aromatic rings. The fourth-order valence-electron chi connectivity index (χ4n) is 1.87. The topological polar surface area (TPSA) is 54.8 Å². The Morgan fingerprint density at radius 1 is 1.00 bits per heavy atom. The summed E-state index contributed by atoms with van der Waals surface area (Å²) in [5.41, 5.74) is 2.65. The fourth-order valence-corrected chi connectivity index (χ4v) is 1.87. The average molecular weight is 263 g/mol. The second-order valence-corrected chi connectivity index (χ2v) is 4.16. The lowest BCUT2D eigenvalue weighted by molar-refractivity contribution is 0.523. The van der Waals surface area contributed by atoms with Crippen molar-refractivity contribution in [3.8, 4) is 0 Å². The Kier molecular flexibility index (Phi) is 3.59. The molecule has 2 aliphatic rings. The van der Waals surface area contributed by atoms with Crippen LogP contribution in [0.3, 0.4) is 0 Å². The van der Waals surface area contributed by atoms with Crippen molar-refractivity contribution in [2.45, 2.75) is 0 Å². The SMILES string of the molecule is C1=CCN2C=CC=CC2=C1.c1cnc2ncncc2n1. The summed E-state index contributed by atoms with van der Waals surface area (Å²) >= 11 is 0. The molecule has 0 atom stereocenters. The number of hydrogen-bond donors (Lipinski definition) is 0. The molecule has 0 aliphatic carbocycles. The first kappa shape index (κ1) is 12.2. The summed E-state index contributed by atoms with van der Waals surface area (Å²) in [4.78, 5) is 17.9. The van der Waals surface area contributed by atoms with Crippen molar-refractivity contribution in [2.24, 2.45) is 0 Å². The van der Waals surface area contributed by atoms with Crippen molar-refractivity contribution in [1.82, 2.24) is 24.8 Å². The highest BCUT2D eigenvalue weighted by Crippen LogP contribution is 2.14.